The number of fused-ring (bicyclic) bond motifs is 2. The molecule has 3 heterocycles. The molecule has 0 aliphatic carbocycles. The molecule has 0 spiro atoms. The quantitative estimate of drug-likeness (QED) is 0.276. The van der Waals surface area contributed by atoms with E-state index in [2.05, 4.69) is 33.0 Å². The van der Waals surface area contributed by atoms with Crippen LogP contribution in [-0.2, 0) is 17.1 Å². The van der Waals surface area contributed by atoms with Crippen LogP contribution >= 0.6 is 0 Å². The lowest BCUT2D eigenvalue weighted by atomic mass is 10.1. The molecule has 172 valence electrons. The molecule has 0 atom stereocenters. The molecule has 0 aliphatic rings. The Hall–Kier alpha value is -3.98. The maximum atomic E-state index is 13.7. The smallest absolute Gasteiger partial charge is 0.279 e. The number of aryl methyl sites for hydroxylation is 2. The van der Waals surface area contributed by atoms with E-state index >= 15 is 0 Å². The first kappa shape index (κ1) is 21.8. The Morgan fingerprint density at radius 1 is 1.09 bits per heavy atom. The standard InChI is InChI=1S/C25H22FN5O2S/c1-17-8-10-19(26)12-24(17)34(32,33)30(3)28-14-20-13-27-25-11-9-18(15-31(20)25)22-16-29(2)23-7-5-4-6-21(22)23/h4-16H,1-3H3/b28-14+. The summed E-state index contributed by atoms with van der Waals surface area (Å²) in [4.78, 5) is 4.27. The van der Waals surface area contributed by atoms with Crippen LogP contribution in [0.25, 0.3) is 27.7 Å². The number of pyridine rings is 1. The SMILES string of the molecule is Cc1ccc(F)cc1S(=O)(=O)N(C)/N=C/c1cnc2ccc(-c3cn(C)c4ccccc34)cn12. The van der Waals surface area contributed by atoms with Crippen molar-refractivity contribution in [1.29, 1.82) is 0 Å². The van der Waals surface area contributed by atoms with Crippen LogP contribution < -0.4 is 0 Å². The summed E-state index contributed by atoms with van der Waals surface area (Å²) in [5.41, 5.74) is 4.96. The molecular formula is C25H22FN5O2S. The van der Waals surface area contributed by atoms with Crippen LogP contribution in [0.2, 0.25) is 0 Å². The highest BCUT2D eigenvalue weighted by molar-refractivity contribution is 7.89. The molecular weight excluding hydrogens is 453 g/mol. The highest BCUT2D eigenvalue weighted by Gasteiger charge is 2.22. The van der Waals surface area contributed by atoms with Gasteiger partial charge in [-0.05, 0) is 42.8 Å². The van der Waals surface area contributed by atoms with Crippen molar-refractivity contribution < 1.29 is 12.8 Å². The van der Waals surface area contributed by atoms with Crippen LogP contribution in [0.5, 0.6) is 0 Å². The number of benzene rings is 2. The van der Waals surface area contributed by atoms with Gasteiger partial charge < -0.3 is 4.57 Å². The summed E-state index contributed by atoms with van der Waals surface area (Å²) in [5.74, 6) is -0.621. The number of hydrazone groups is 1. The van der Waals surface area contributed by atoms with E-state index in [0.29, 0.717) is 16.9 Å². The van der Waals surface area contributed by atoms with Gasteiger partial charge in [-0.3, -0.25) is 4.40 Å². The van der Waals surface area contributed by atoms with Gasteiger partial charge >= 0.3 is 0 Å². The monoisotopic (exact) mass is 475 g/mol. The maximum Gasteiger partial charge on any atom is 0.279 e. The molecule has 5 rings (SSSR count). The van der Waals surface area contributed by atoms with Crippen LogP contribution in [0.1, 0.15) is 11.3 Å². The zero-order valence-corrected chi connectivity index (χ0v) is 19.7. The highest BCUT2D eigenvalue weighted by atomic mass is 32.2. The first-order chi connectivity index (χ1) is 16.3. The van der Waals surface area contributed by atoms with Crippen molar-refractivity contribution in [2.75, 3.05) is 7.05 Å². The fraction of sp³-hybridized carbons (Fsp3) is 0.120. The van der Waals surface area contributed by atoms with E-state index in [-0.39, 0.29) is 4.90 Å². The van der Waals surface area contributed by atoms with Gasteiger partial charge in [-0.1, -0.05) is 24.3 Å². The van der Waals surface area contributed by atoms with Gasteiger partial charge in [-0.25, -0.2) is 9.37 Å². The Morgan fingerprint density at radius 3 is 2.71 bits per heavy atom. The molecule has 0 aliphatic heterocycles. The third-order valence-corrected chi connectivity index (χ3v) is 7.66. The topological polar surface area (TPSA) is 72.0 Å². The summed E-state index contributed by atoms with van der Waals surface area (Å²) in [6.07, 6.45) is 7.09. The fourth-order valence-corrected chi connectivity index (χ4v) is 5.22. The molecule has 0 fully saturated rings. The van der Waals surface area contributed by atoms with E-state index in [1.807, 2.05) is 41.9 Å². The normalized spacial score (nSPS) is 12.2. The Morgan fingerprint density at radius 2 is 1.88 bits per heavy atom. The number of aromatic nitrogens is 3. The van der Waals surface area contributed by atoms with Gasteiger partial charge in [0, 0.05) is 48.5 Å². The maximum absolute atomic E-state index is 13.7. The predicted molar refractivity (Wildman–Crippen MR) is 131 cm³/mol. The molecule has 0 amide bonds. The second-order valence-corrected chi connectivity index (χ2v) is 10.0. The Kier molecular flexibility index (Phi) is 5.21. The number of nitrogens with zero attached hydrogens (tertiary/aromatic N) is 5. The van der Waals surface area contributed by atoms with E-state index in [0.717, 1.165) is 32.5 Å². The number of para-hydroxylation sites is 1. The van der Waals surface area contributed by atoms with Gasteiger partial charge in [0.25, 0.3) is 10.0 Å². The van der Waals surface area contributed by atoms with E-state index in [4.69, 9.17) is 0 Å². The van der Waals surface area contributed by atoms with Crippen LogP contribution in [0.3, 0.4) is 0 Å². The molecule has 3 aromatic heterocycles. The summed E-state index contributed by atoms with van der Waals surface area (Å²) in [6, 6.07) is 15.7. The molecule has 2 aromatic carbocycles. The van der Waals surface area contributed by atoms with Crippen LogP contribution in [0.4, 0.5) is 4.39 Å². The molecule has 0 N–H and O–H groups in total. The summed E-state index contributed by atoms with van der Waals surface area (Å²) >= 11 is 0. The van der Waals surface area contributed by atoms with Crippen LogP contribution in [-0.4, -0.2) is 40.0 Å². The average molecular weight is 476 g/mol. The van der Waals surface area contributed by atoms with Crippen molar-refractivity contribution in [3.05, 3.63) is 90.3 Å². The Bertz CT molecular complexity index is 1680. The predicted octanol–water partition coefficient (Wildman–Crippen LogP) is 4.60. The third kappa shape index (κ3) is 3.63. The lowest BCUT2D eigenvalue weighted by molar-refractivity contribution is 0.489. The summed E-state index contributed by atoms with van der Waals surface area (Å²) in [6.45, 7) is 1.61. The summed E-state index contributed by atoms with van der Waals surface area (Å²) < 4.78 is 44.3. The summed E-state index contributed by atoms with van der Waals surface area (Å²) in [5, 5.41) is 5.26. The first-order valence-corrected chi connectivity index (χ1v) is 12.0. The van der Waals surface area contributed by atoms with E-state index in [1.54, 1.807) is 13.1 Å². The number of hydrogen-bond donors (Lipinski definition) is 0. The Labute approximate surface area is 196 Å². The number of halogens is 1. The minimum Gasteiger partial charge on any atom is -0.350 e. The highest BCUT2D eigenvalue weighted by Crippen LogP contribution is 2.30. The van der Waals surface area contributed by atoms with E-state index in [9.17, 15) is 12.8 Å². The number of hydrogen-bond acceptors (Lipinski definition) is 4. The fourth-order valence-electron chi connectivity index (χ4n) is 4.02. The molecule has 0 saturated heterocycles. The van der Waals surface area contributed by atoms with Crippen molar-refractivity contribution >= 4 is 32.8 Å². The minimum absolute atomic E-state index is 0.122. The van der Waals surface area contributed by atoms with Gasteiger partial charge in [0.15, 0.2) is 0 Å². The largest absolute Gasteiger partial charge is 0.350 e. The Balaban J connectivity index is 1.52. The zero-order chi connectivity index (χ0) is 24.0. The van der Waals surface area contributed by atoms with Crippen molar-refractivity contribution in [1.82, 2.24) is 18.4 Å². The van der Waals surface area contributed by atoms with Crippen LogP contribution in [0.15, 0.2) is 83.2 Å². The van der Waals surface area contributed by atoms with Crippen LogP contribution in [0, 0.1) is 12.7 Å². The minimum atomic E-state index is -4.01. The van der Waals surface area contributed by atoms with Crippen molar-refractivity contribution in [2.45, 2.75) is 11.8 Å². The molecule has 0 saturated carbocycles. The molecule has 9 heteroatoms. The molecule has 0 bridgehead atoms. The van der Waals surface area contributed by atoms with E-state index < -0.39 is 15.8 Å². The van der Waals surface area contributed by atoms with Gasteiger partial charge in [0.1, 0.15) is 11.5 Å². The molecule has 0 unspecified atom stereocenters. The van der Waals surface area contributed by atoms with Gasteiger partial charge in [0.05, 0.1) is 23.0 Å². The number of sulfonamides is 1. The van der Waals surface area contributed by atoms with Crippen molar-refractivity contribution in [3.63, 3.8) is 0 Å². The molecule has 0 radical (unpaired) electrons. The van der Waals surface area contributed by atoms with Crippen molar-refractivity contribution in [3.8, 4) is 11.1 Å². The second-order valence-electron chi connectivity index (χ2n) is 8.09. The zero-order valence-electron chi connectivity index (χ0n) is 18.8. The first-order valence-electron chi connectivity index (χ1n) is 10.6. The third-order valence-electron chi connectivity index (χ3n) is 5.87. The number of imidazole rings is 1. The number of rotatable bonds is 5. The van der Waals surface area contributed by atoms with Gasteiger partial charge in [-0.15, -0.1) is 0 Å². The average Bonchev–Trinajstić information content (AvgIpc) is 3.39. The second kappa shape index (κ2) is 8.11. The molecule has 34 heavy (non-hydrogen) atoms. The van der Waals surface area contributed by atoms with Gasteiger partial charge in [0.2, 0.25) is 0 Å². The molecule has 7 nitrogen and oxygen atoms in total. The lowest BCUT2D eigenvalue weighted by Gasteiger charge is -2.15. The lowest BCUT2D eigenvalue weighted by Crippen LogP contribution is -2.23. The van der Waals surface area contributed by atoms with E-state index in [1.165, 1.54) is 25.4 Å². The molecule has 5 aromatic rings. The van der Waals surface area contributed by atoms with Crippen molar-refractivity contribution in [2.24, 2.45) is 12.1 Å². The summed E-state index contributed by atoms with van der Waals surface area (Å²) in [7, 11) is -0.678. The van der Waals surface area contributed by atoms with Gasteiger partial charge in [-0.2, -0.15) is 17.9 Å².